The lowest BCUT2D eigenvalue weighted by Crippen LogP contribution is -2.19. The molecule has 0 fully saturated rings. The third-order valence-electron chi connectivity index (χ3n) is 1.23. The van der Waals surface area contributed by atoms with Crippen LogP contribution in [-0.4, -0.2) is 17.9 Å². The molecule has 0 rings (SSSR count). The van der Waals surface area contributed by atoms with Gasteiger partial charge in [0, 0.05) is 5.92 Å². The van der Waals surface area contributed by atoms with Crippen molar-refractivity contribution in [1.29, 1.82) is 0 Å². The van der Waals surface area contributed by atoms with Crippen LogP contribution < -0.4 is 0 Å². The fourth-order valence-corrected chi connectivity index (χ4v) is 0.625. The summed E-state index contributed by atoms with van der Waals surface area (Å²) in [4.78, 5) is 23.9. The summed E-state index contributed by atoms with van der Waals surface area (Å²) in [5, 5.41) is 0. The summed E-state index contributed by atoms with van der Waals surface area (Å²) in [6.45, 7) is 5.14. The number of rotatable bonds is 3. The van der Waals surface area contributed by atoms with Crippen molar-refractivity contribution in [3.63, 3.8) is 0 Å². The Morgan fingerprint density at radius 2 is 1.90 bits per heavy atom. The van der Waals surface area contributed by atoms with Gasteiger partial charge in [0.2, 0.25) is 6.08 Å². The fraction of sp³-hybridized carbons (Fsp3) is 0.714. The van der Waals surface area contributed by atoms with Crippen LogP contribution in [0.3, 0.4) is 0 Å². The van der Waals surface area contributed by atoms with E-state index in [-0.39, 0.29) is 11.7 Å². The predicted molar refractivity (Wildman–Crippen MR) is 37.4 cm³/mol. The second-order valence-corrected chi connectivity index (χ2v) is 2.45. The molecule has 0 aromatic carbocycles. The zero-order chi connectivity index (χ0) is 8.15. The van der Waals surface area contributed by atoms with Gasteiger partial charge in [-0.1, -0.05) is 13.8 Å². The molecule has 0 saturated heterocycles. The molecule has 0 N–H and O–H groups in total. The first-order valence-corrected chi connectivity index (χ1v) is 3.20. The van der Waals surface area contributed by atoms with Crippen LogP contribution >= 0.6 is 0 Å². The van der Waals surface area contributed by atoms with Gasteiger partial charge in [-0.15, -0.1) is 0 Å². The van der Waals surface area contributed by atoms with Crippen molar-refractivity contribution in [1.82, 2.24) is 0 Å². The SMILES string of the molecule is CC(C)C(=O)C(C)N=C=O. The van der Waals surface area contributed by atoms with Crippen LogP contribution in [0.1, 0.15) is 20.8 Å². The largest absolute Gasteiger partial charge is 0.297 e. The van der Waals surface area contributed by atoms with Crippen LogP contribution in [-0.2, 0) is 9.59 Å². The maximum Gasteiger partial charge on any atom is 0.235 e. The lowest BCUT2D eigenvalue weighted by Gasteiger charge is -2.04. The third-order valence-corrected chi connectivity index (χ3v) is 1.23. The van der Waals surface area contributed by atoms with Gasteiger partial charge in [0.25, 0.3) is 0 Å². The highest BCUT2D eigenvalue weighted by Crippen LogP contribution is 2.01. The van der Waals surface area contributed by atoms with E-state index in [0.717, 1.165) is 0 Å². The molecule has 0 bridgehead atoms. The highest BCUT2D eigenvalue weighted by Gasteiger charge is 2.14. The number of hydrogen-bond donors (Lipinski definition) is 0. The van der Waals surface area contributed by atoms with Crippen LogP contribution in [0.4, 0.5) is 0 Å². The van der Waals surface area contributed by atoms with E-state index in [1.165, 1.54) is 6.08 Å². The van der Waals surface area contributed by atoms with Crippen LogP contribution in [0.5, 0.6) is 0 Å². The Balaban J connectivity index is 4.07. The molecule has 1 unspecified atom stereocenters. The maximum absolute atomic E-state index is 11.0. The molecule has 0 saturated carbocycles. The molecule has 10 heavy (non-hydrogen) atoms. The minimum atomic E-state index is -0.530. The Kier molecular flexibility index (Phi) is 3.59. The van der Waals surface area contributed by atoms with E-state index in [1.807, 2.05) is 0 Å². The van der Waals surface area contributed by atoms with Crippen molar-refractivity contribution in [3.8, 4) is 0 Å². The van der Waals surface area contributed by atoms with Crippen LogP contribution in [0.15, 0.2) is 4.99 Å². The number of nitrogens with zero attached hydrogens (tertiary/aromatic N) is 1. The predicted octanol–water partition coefficient (Wildman–Crippen LogP) is 0.936. The summed E-state index contributed by atoms with van der Waals surface area (Å²) in [5.74, 6) is -0.0875. The van der Waals surface area contributed by atoms with Gasteiger partial charge in [-0.2, -0.15) is 4.99 Å². The van der Waals surface area contributed by atoms with Gasteiger partial charge in [0.15, 0.2) is 5.78 Å². The van der Waals surface area contributed by atoms with Gasteiger partial charge in [-0.3, -0.25) is 4.79 Å². The monoisotopic (exact) mass is 141 g/mol. The molecule has 0 heterocycles. The Labute approximate surface area is 60.1 Å². The molecule has 56 valence electrons. The molecule has 3 nitrogen and oxygen atoms in total. The molecule has 0 aliphatic heterocycles. The van der Waals surface area contributed by atoms with Crippen molar-refractivity contribution in [2.24, 2.45) is 10.9 Å². The Morgan fingerprint density at radius 1 is 1.40 bits per heavy atom. The molecule has 0 aliphatic rings. The summed E-state index contributed by atoms with van der Waals surface area (Å²) < 4.78 is 0. The summed E-state index contributed by atoms with van der Waals surface area (Å²) in [6, 6.07) is -0.530. The number of hydrogen-bond acceptors (Lipinski definition) is 3. The minimum absolute atomic E-state index is 0.0247. The van der Waals surface area contributed by atoms with E-state index in [2.05, 4.69) is 4.99 Å². The smallest absolute Gasteiger partial charge is 0.235 e. The van der Waals surface area contributed by atoms with E-state index in [4.69, 9.17) is 0 Å². The number of isocyanates is 1. The first-order chi connectivity index (χ1) is 4.59. The van der Waals surface area contributed by atoms with Crippen molar-refractivity contribution < 1.29 is 9.59 Å². The first-order valence-electron chi connectivity index (χ1n) is 3.20. The topological polar surface area (TPSA) is 46.5 Å². The lowest BCUT2D eigenvalue weighted by atomic mass is 10.0. The Hall–Kier alpha value is -0.950. The van der Waals surface area contributed by atoms with Gasteiger partial charge >= 0.3 is 0 Å². The van der Waals surface area contributed by atoms with E-state index < -0.39 is 6.04 Å². The number of aliphatic imine (C=N–C) groups is 1. The second kappa shape index (κ2) is 3.96. The van der Waals surface area contributed by atoms with E-state index in [1.54, 1.807) is 20.8 Å². The lowest BCUT2D eigenvalue weighted by molar-refractivity contribution is -0.122. The average Bonchev–Trinajstić information content (AvgIpc) is 1.87. The van der Waals surface area contributed by atoms with Crippen LogP contribution in [0, 0.1) is 5.92 Å². The van der Waals surface area contributed by atoms with Crippen molar-refractivity contribution in [3.05, 3.63) is 0 Å². The summed E-state index contributed by atoms with van der Waals surface area (Å²) in [5.41, 5.74) is 0. The van der Waals surface area contributed by atoms with Crippen molar-refractivity contribution in [2.45, 2.75) is 26.8 Å². The van der Waals surface area contributed by atoms with Crippen LogP contribution in [0.25, 0.3) is 0 Å². The van der Waals surface area contributed by atoms with Gasteiger partial charge < -0.3 is 0 Å². The molecular weight excluding hydrogens is 130 g/mol. The quantitative estimate of drug-likeness (QED) is 0.433. The minimum Gasteiger partial charge on any atom is -0.297 e. The molecule has 0 aromatic rings. The molecule has 0 aromatic heterocycles. The van der Waals surface area contributed by atoms with Crippen molar-refractivity contribution >= 4 is 11.9 Å². The second-order valence-electron chi connectivity index (χ2n) is 2.45. The third kappa shape index (κ3) is 2.55. The standard InChI is InChI=1S/C7H11NO2/c1-5(2)7(10)6(3)8-4-9/h5-6H,1-3H3. The Morgan fingerprint density at radius 3 is 2.20 bits per heavy atom. The molecule has 0 spiro atoms. The number of carbonyl (C=O) groups is 1. The Bertz CT molecular complexity index is 168. The van der Waals surface area contributed by atoms with E-state index in [0.29, 0.717) is 0 Å². The average molecular weight is 141 g/mol. The summed E-state index contributed by atoms with van der Waals surface area (Å²) in [6.07, 6.45) is 1.36. The zero-order valence-corrected chi connectivity index (χ0v) is 6.42. The fourth-order valence-electron chi connectivity index (χ4n) is 0.625. The van der Waals surface area contributed by atoms with Gasteiger partial charge in [0.1, 0.15) is 6.04 Å². The molecule has 0 amide bonds. The van der Waals surface area contributed by atoms with E-state index in [9.17, 15) is 9.59 Å². The number of ketones is 1. The highest BCUT2D eigenvalue weighted by atomic mass is 16.1. The maximum atomic E-state index is 11.0. The molecule has 0 aliphatic carbocycles. The molecule has 3 heteroatoms. The zero-order valence-electron chi connectivity index (χ0n) is 6.42. The molecular formula is C7H11NO2. The molecule has 0 radical (unpaired) electrons. The van der Waals surface area contributed by atoms with Crippen molar-refractivity contribution in [2.75, 3.05) is 0 Å². The number of carbonyl (C=O) groups excluding carboxylic acids is 2. The summed E-state index contributed by atoms with van der Waals surface area (Å²) >= 11 is 0. The van der Waals surface area contributed by atoms with Gasteiger partial charge in [0.05, 0.1) is 0 Å². The first kappa shape index (κ1) is 9.05. The summed E-state index contributed by atoms with van der Waals surface area (Å²) in [7, 11) is 0. The normalized spacial score (nSPS) is 12.4. The molecule has 1 atom stereocenters. The number of Topliss-reactive ketones (excluding diaryl/α,β-unsaturated/α-hetero) is 1. The van der Waals surface area contributed by atoms with Gasteiger partial charge in [-0.25, -0.2) is 4.79 Å². The van der Waals surface area contributed by atoms with Gasteiger partial charge in [-0.05, 0) is 6.92 Å². The van der Waals surface area contributed by atoms with E-state index >= 15 is 0 Å². The highest BCUT2D eigenvalue weighted by molar-refractivity contribution is 5.86. The van der Waals surface area contributed by atoms with Crippen LogP contribution in [0.2, 0.25) is 0 Å².